The van der Waals surface area contributed by atoms with Crippen LogP contribution < -0.4 is 0 Å². The van der Waals surface area contributed by atoms with Crippen molar-refractivity contribution in [2.45, 2.75) is 19.3 Å². The summed E-state index contributed by atoms with van der Waals surface area (Å²) in [6.45, 7) is 4.75. The second-order valence-electron chi connectivity index (χ2n) is 4.69. The van der Waals surface area contributed by atoms with Crippen LogP contribution in [0.4, 0.5) is 0 Å². The molecular formula is C13H18ClN. The van der Waals surface area contributed by atoms with E-state index in [1.165, 1.54) is 25.1 Å². The van der Waals surface area contributed by atoms with Crippen molar-refractivity contribution in [2.24, 2.45) is 5.92 Å². The highest BCUT2D eigenvalue weighted by Crippen LogP contribution is 2.32. The fourth-order valence-electron chi connectivity index (χ4n) is 2.56. The maximum atomic E-state index is 5.90. The van der Waals surface area contributed by atoms with Crippen LogP contribution in [0.5, 0.6) is 0 Å². The number of rotatable bonds is 1. The highest BCUT2D eigenvalue weighted by molar-refractivity contribution is 6.30. The summed E-state index contributed by atoms with van der Waals surface area (Å²) in [5, 5.41) is 0.833. The Balaban J connectivity index is 2.13. The molecule has 1 aliphatic heterocycles. The summed E-state index contributed by atoms with van der Waals surface area (Å²) in [5.41, 5.74) is 1.44. The first-order valence-electron chi connectivity index (χ1n) is 5.61. The van der Waals surface area contributed by atoms with E-state index in [1.807, 2.05) is 12.1 Å². The zero-order valence-corrected chi connectivity index (χ0v) is 10.2. The third-order valence-corrected chi connectivity index (χ3v) is 3.66. The van der Waals surface area contributed by atoms with Gasteiger partial charge in [-0.2, -0.15) is 0 Å². The van der Waals surface area contributed by atoms with Gasteiger partial charge in [0, 0.05) is 11.6 Å². The van der Waals surface area contributed by atoms with Gasteiger partial charge in [0.15, 0.2) is 0 Å². The van der Waals surface area contributed by atoms with Gasteiger partial charge in [-0.05, 0) is 49.5 Å². The number of likely N-dealkylation sites (tertiary alicyclic amines) is 1. The van der Waals surface area contributed by atoms with Crippen molar-refractivity contribution in [2.75, 3.05) is 20.1 Å². The number of hydrogen-bond donors (Lipinski definition) is 0. The first kappa shape index (κ1) is 11.0. The highest BCUT2D eigenvalue weighted by Gasteiger charge is 2.25. The lowest BCUT2D eigenvalue weighted by atomic mass is 9.82. The van der Waals surface area contributed by atoms with Gasteiger partial charge in [-0.3, -0.25) is 0 Å². The van der Waals surface area contributed by atoms with Gasteiger partial charge in [-0.15, -0.1) is 0 Å². The largest absolute Gasteiger partial charge is 0.306 e. The van der Waals surface area contributed by atoms with Crippen molar-refractivity contribution < 1.29 is 0 Å². The number of halogens is 1. The lowest BCUT2D eigenvalue weighted by molar-refractivity contribution is 0.195. The predicted octanol–water partition coefficient (Wildman–Crippen LogP) is 3.40. The lowest BCUT2D eigenvalue weighted by Gasteiger charge is -2.35. The van der Waals surface area contributed by atoms with E-state index < -0.39 is 0 Å². The zero-order valence-electron chi connectivity index (χ0n) is 9.41. The van der Waals surface area contributed by atoms with Crippen LogP contribution in [0.1, 0.15) is 24.8 Å². The Bertz CT molecular complexity index is 320. The molecule has 1 aromatic carbocycles. The molecule has 1 fully saturated rings. The summed E-state index contributed by atoms with van der Waals surface area (Å²) in [7, 11) is 2.20. The standard InChI is InChI=1S/C13H18ClN/c1-10-9-15(2)8-7-13(10)11-3-5-12(14)6-4-11/h3-6,10,13H,7-9H2,1-2H3/t10-,13+/m1/s1. The average Bonchev–Trinajstić information content (AvgIpc) is 2.20. The Morgan fingerprint density at radius 3 is 2.53 bits per heavy atom. The second kappa shape index (κ2) is 4.54. The Morgan fingerprint density at radius 1 is 1.27 bits per heavy atom. The summed E-state index contributed by atoms with van der Waals surface area (Å²) < 4.78 is 0. The van der Waals surface area contributed by atoms with Gasteiger partial charge in [0.1, 0.15) is 0 Å². The molecular weight excluding hydrogens is 206 g/mol. The first-order chi connectivity index (χ1) is 7.16. The Kier molecular flexibility index (Phi) is 3.32. The molecule has 1 aliphatic rings. The first-order valence-corrected chi connectivity index (χ1v) is 5.98. The molecule has 2 heteroatoms. The van der Waals surface area contributed by atoms with E-state index in [2.05, 4.69) is 31.0 Å². The smallest absolute Gasteiger partial charge is 0.0406 e. The molecule has 1 heterocycles. The summed E-state index contributed by atoms with van der Waals surface area (Å²) in [6.07, 6.45) is 1.26. The molecule has 0 aliphatic carbocycles. The van der Waals surface area contributed by atoms with Gasteiger partial charge in [0.05, 0.1) is 0 Å². The Labute approximate surface area is 97.0 Å². The molecule has 0 unspecified atom stereocenters. The van der Waals surface area contributed by atoms with E-state index in [0.717, 1.165) is 10.9 Å². The minimum atomic E-state index is 0.707. The predicted molar refractivity (Wildman–Crippen MR) is 65.5 cm³/mol. The molecule has 0 bridgehead atoms. The van der Waals surface area contributed by atoms with Crippen molar-refractivity contribution in [3.63, 3.8) is 0 Å². The summed E-state index contributed by atoms with van der Waals surface area (Å²) in [4.78, 5) is 2.41. The topological polar surface area (TPSA) is 3.24 Å². The van der Waals surface area contributed by atoms with Crippen LogP contribution in [0.2, 0.25) is 5.02 Å². The Morgan fingerprint density at radius 2 is 1.93 bits per heavy atom. The third kappa shape index (κ3) is 2.53. The molecule has 0 amide bonds. The van der Waals surface area contributed by atoms with E-state index in [1.54, 1.807) is 0 Å². The van der Waals surface area contributed by atoms with Crippen LogP contribution in [0.25, 0.3) is 0 Å². The second-order valence-corrected chi connectivity index (χ2v) is 5.12. The number of hydrogen-bond acceptors (Lipinski definition) is 1. The van der Waals surface area contributed by atoms with Crippen molar-refractivity contribution >= 4 is 11.6 Å². The van der Waals surface area contributed by atoms with Crippen LogP contribution in [0, 0.1) is 5.92 Å². The molecule has 82 valence electrons. The highest BCUT2D eigenvalue weighted by atomic mass is 35.5. The van der Waals surface area contributed by atoms with Gasteiger partial charge in [-0.1, -0.05) is 30.7 Å². The average molecular weight is 224 g/mol. The number of benzene rings is 1. The third-order valence-electron chi connectivity index (χ3n) is 3.41. The van der Waals surface area contributed by atoms with Crippen molar-refractivity contribution in [1.82, 2.24) is 4.90 Å². The van der Waals surface area contributed by atoms with Gasteiger partial charge in [-0.25, -0.2) is 0 Å². The van der Waals surface area contributed by atoms with Crippen LogP contribution in [0.3, 0.4) is 0 Å². The maximum Gasteiger partial charge on any atom is 0.0406 e. The molecule has 2 rings (SSSR count). The van der Waals surface area contributed by atoms with Gasteiger partial charge in [0.2, 0.25) is 0 Å². The van der Waals surface area contributed by atoms with E-state index in [9.17, 15) is 0 Å². The molecule has 0 spiro atoms. The van der Waals surface area contributed by atoms with Crippen LogP contribution in [-0.4, -0.2) is 25.0 Å². The molecule has 0 aromatic heterocycles. The molecule has 0 saturated carbocycles. The van der Waals surface area contributed by atoms with E-state index in [4.69, 9.17) is 11.6 Å². The molecule has 0 radical (unpaired) electrons. The van der Waals surface area contributed by atoms with E-state index >= 15 is 0 Å². The van der Waals surface area contributed by atoms with Crippen LogP contribution >= 0.6 is 11.6 Å². The van der Waals surface area contributed by atoms with Gasteiger partial charge in [0.25, 0.3) is 0 Å². The number of nitrogens with zero attached hydrogens (tertiary/aromatic N) is 1. The molecule has 1 saturated heterocycles. The fraction of sp³-hybridized carbons (Fsp3) is 0.538. The minimum absolute atomic E-state index is 0.707. The van der Waals surface area contributed by atoms with Gasteiger partial charge < -0.3 is 4.90 Å². The molecule has 0 N–H and O–H groups in total. The lowest BCUT2D eigenvalue weighted by Crippen LogP contribution is -2.35. The normalized spacial score (nSPS) is 27.9. The van der Waals surface area contributed by atoms with Crippen molar-refractivity contribution in [1.29, 1.82) is 0 Å². The summed E-state index contributed by atoms with van der Waals surface area (Å²) >= 11 is 5.90. The summed E-state index contributed by atoms with van der Waals surface area (Å²) in [6, 6.07) is 8.35. The molecule has 1 nitrogen and oxygen atoms in total. The van der Waals surface area contributed by atoms with E-state index in [0.29, 0.717) is 5.92 Å². The molecule has 1 aromatic rings. The molecule has 2 atom stereocenters. The number of piperidine rings is 1. The SMILES string of the molecule is C[C@@H]1CN(C)CC[C@@H]1c1ccc(Cl)cc1. The minimum Gasteiger partial charge on any atom is -0.306 e. The summed E-state index contributed by atoms with van der Waals surface area (Å²) in [5.74, 6) is 1.45. The van der Waals surface area contributed by atoms with Crippen LogP contribution in [0.15, 0.2) is 24.3 Å². The monoisotopic (exact) mass is 223 g/mol. The van der Waals surface area contributed by atoms with Crippen LogP contribution in [-0.2, 0) is 0 Å². The zero-order chi connectivity index (χ0) is 10.8. The van der Waals surface area contributed by atoms with E-state index in [-0.39, 0.29) is 0 Å². The molecule has 15 heavy (non-hydrogen) atoms. The Hall–Kier alpha value is -0.530. The quantitative estimate of drug-likeness (QED) is 0.706. The van der Waals surface area contributed by atoms with Crippen molar-refractivity contribution in [3.05, 3.63) is 34.9 Å². The fourth-order valence-corrected chi connectivity index (χ4v) is 2.69. The van der Waals surface area contributed by atoms with Gasteiger partial charge >= 0.3 is 0 Å². The maximum absolute atomic E-state index is 5.90. The van der Waals surface area contributed by atoms with Crippen molar-refractivity contribution in [3.8, 4) is 0 Å².